The summed E-state index contributed by atoms with van der Waals surface area (Å²) in [6.07, 6.45) is 0. The van der Waals surface area contributed by atoms with E-state index < -0.39 is 5.41 Å². The summed E-state index contributed by atoms with van der Waals surface area (Å²) in [5, 5.41) is 2.43. The van der Waals surface area contributed by atoms with Gasteiger partial charge in [0.05, 0.1) is 11.1 Å². The van der Waals surface area contributed by atoms with Gasteiger partial charge in [0.2, 0.25) is 0 Å². The van der Waals surface area contributed by atoms with Crippen molar-refractivity contribution in [2.45, 2.75) is 31.6 Å². The molecule has 0 aliphatic heterocycles. The highest BCUT2D eigenvalue weighted by atomic mass is 15.1. The minimum atomic E-state index is -0.521. The minimum absolute atomic E-state index is 0.0676. The summed E-state index contributed by atoms with van der Waals surface area (Å²) in [6.45, 7) is 6.95. The fourth-order valence-electron chi connectivity index (χ4n) is 9.45. The van der Waals surface area contributed by atoms with E-state index in [0.29, 0.717) is 0 Å². The van der Waals surface area contributed by atoms with Gasteiger partial charge in [0, 0.05) is 16.9 Å². The predicted octanol–water partition coefficient (Wildman–Crippen LogP) is 15.3. The molecule has 1 aliphatic rings. The predicted molar refractivity (Wildman–Crippen MR) is 246 cm³/mol. The van der Waals surface area contributed by atoms with Gasteiger partial charge >= 0.3 is 0 Å². The van der Waals surface area contributed by atoms with Gasteiger partial charge in [0.15, 0.2) is 0 Å². The number of fused-ring (bicyclic) bond motifs is 4. The van der Waals surface area contributed by atoms with Gasteiger partial charge in [0.1, 0.15) is 0 Å². The first-order valence-electron chi connectivity index (χ1n) is 20.3. The van der Waals surface area contributed by atoms with Crippen molar-refractivity contribution in [1.82, 2.24) is 0 Å². The molecule has 1 aliphatic carbocycles. The Hall–Kier alpha value is -6.96. The molecule has 0 heterocycles. The molecule has 1 heteroatoms. The Morgan fingerprint density at radius 1 is 0.362 bits per heavy atom. The van der Waals surface area contributed by atoms with Crippen molar-refractivity contribution in [3.63, 3.8) is 0 Å². The van der Waals surface area contributed by atoms with E-state index in [0.717, 1.165) is 17.1 Å². The number of anilines is 3. The molecular formula is C57H45N. The zero-order valence-corrected chi connectivity index (χ0v) is 33.2. The molecule has 9 aromatic carbocycles. The third-order valence-electron chi connectivity index (χ3n) is 12.0. The average molecular weight is 744 g/mol. The molecule has 0 bridgehead atoms. The van der Waals surface area contributed by atoms with Gasteiger partial charge in [-0.1, -0.05) is 203 Å². The van der Waals surface area contributed by atoms with Crippen LogP contribution in [-0.4, -0.2) is 0 Å². The SMILES string of the molecule is CC(C)(C)c1ccccc1-c1cc2ccccc2cc1N(c1cccc(-c2ccccc2)c1)c1ccc2c(c1)C(c1ccccc1)(c1ccccc1)c1ccccc1-2. The Balaban J connectivity index is 1.31. The third-order valence-corrected chi connectivity index (χ3v) is 12.0. The van der Waals surface area contributed by atoms with Crippen LogP contribution in [0.1, 0.15) is 48.6 Å². The van der Waals surface area contributed by atoms with E-state index in [4.69, 9.17) is 0 Å². The Morgan fingerprint density at radius 2 is 0.897 bits per heavy atom. The van der Waals surface area contributed by atoms with E-state index in [1.807, 2.05) is 0 Å². The standard InChI is InChI=1S/C57H45N/c1-56(2,3)52-32-17-15-31-49(52)51-37-42-22-13-14-23-43(42)38-55(51)58(46-29-19-24-41(36-46)40-20-7-4-8-21-40)47-34-35-50-48-30-16-18-33-53(48)57(54(50)39-47,44-25-9-5-10-26-44)45-27-11-6-12-28-45/h4-39H,1-3H3. The first kappa shape index (κ1) is 35.5. The first-order chi connectivity index (χ1) is 28.4. The highest BCUT2D eigenvalue weighted by Crippen LogP contribution is 2.57. The maximum Gasteiger partial charge on any atom is 0.0714 e. The normalized spacial score (nSPS) is 12.9. The first-order valence-corrected chi connectivity index (χ1v) is 20.3. The summed E-state index contributed by atoms with van der Waals surface area (Å²) in [5.74, 6) is 0. The summed E-state index contributed by atoms with van der Waals surface area (Å²) in [5.41, 5.74) is 16.6. The highest BCUT2D eigenvalue weighted by Gasteiger charge is 2.46. The Labute approximate surface area is 342 Å². The second-order valence-electron chi connectivity index (χ2n) is 16.5. The van der Waals surface area contributed by atoms with Gasteiger partial charge < -0.3 is 4.90 Å². The topological polar surface area (TPSA) is 3.24 Å². The van der Waals surface area contributed by atoms with Crippen LogP contribution in [0.5, 0.6) is 0 Å². The number of rotatable bonds is 7. The smallest absolute Gasteiger partial charge is 0.0714 e. The molecule has 0 radical (unpaired) electrons. The van der Waals surface area contributed by atoms with E-state index in [2.05, 4.69) is 244 Å². The van der Waals surface area contributed by atoms with Crippen LogP contribution < -0.4 is 4.90 Å². The van der Waals surface area contributed by atoms with E-state index >= 15 is 0 Å². The maximum atomic E-state index is 2.51. The summed E-state index contributed by atoms with van der Waals surface area (Å²) in [6, 6.07) is 80.7. The van der Waals surface area contributed by atoms with E-state index in [9.17, 15) is 0 Å². The van der Waals surface area contributed by atoms with Crippen LogP contribution in [-0.2, 0) is 10.8 Å². The average Bonchev–Trinajstić information content (AvgIpc) is 3.57. The molecule has 0 aromatic heterocycles. The molecular weight excluding hydrogens is 699 g/mol. The van der Waals surface area contributed by atoms with Crippen molar-refractivity contribution in [2.75, 3.05) is 4.90 Å². The van der Waals surface area contributed by atoms with Crippen LogP contribution in [0.3, 0.4) is 0 Å². The molecule has 0 spiro atoms. The van der Waals surface area contributed by atoms with Crippen LogP contribution in [0.25, 0.3) is 44.2 Å². The largest absolute Gasteiger partial charge is 0.310 e. The van der Waals surface area contributed by atoms with Gasteiger partial charge in [-0.3, -0.25) is 0 Å². The molecule has 0 saturated heterocycles. The van der Waals surface area contributed by atoms with Gasteiger partial charge in [-0.05, 0) is 108 Å². The summed E-state index contributed by atoms with van der Waals surface area (Å²) >= 11 is 0. The molecule has 9 aromatic rings. The number of hydrogen-bond donors (Lipinski definition) is 0. The molecule has 1 nitrogen and oxygen atoms in total. The van der Waals surface area contributed by atoms with E-state index in [1.54, 1.807) is 0 Å². The Bertz CT molecular complexity index is 2880. The van der Waals surface area contributed by atoms with Crippen molar-refractivity contribution in [1.29, 1.82) is 0 Å². The van der Waals surface area contributed by atoms with Crippen LogP contribution in [0.15, 0.2) is 218 Å². The quantitative estimate of drug-likeness (QED) is 0.157. The van der Waals surface area contributed by atoms with Crippen molar-refractivity contribution in [3.8, 4) is 33.4 Å². The lowest BCUT2D eigenvalue weighted by atomic mass is 9.67. The van der Waals surface area contributed by atoms with Gasteiger partial charge in [-0.15, -0.1) is 0 Å². The minimum Gasteiger partial charge on any atom is -0.310 e. The molecule has 0 N–H and O–H groups in total. The molecule has 278 valence electrons. The number of hydrogen-bond acceptors (Lipinski definition) is 1. The number of nitrogens with zero attached hydrogens (tertiary/aromatic N) is 1. The summed E-state index contributed by atoms with van der Waals surface area (Å²) in [4.78, 5) is 2.51. The molecule has 0 amide bonds. The molecule has 0 atom stereocenters. The highest BCUT2D eigenvalue weighted by molar-refractivity contribution is 6.00. The second kappa shape index (κ2) is 14.2. The molecule has 10 rings (SSSR count). The lowest BCUT2D eigenvalue weighted by Crippen LogP contribution is -2.28. The fraction of sp³-hybridized carbons (Fsp3) is 0.0877. The van der Waals surface area contributed by atoms with Crippen molar-refractivity contribution < 1.29 is 0 Å². The van der Waals surface area contributed by atoms with Crippen molar-refractivity contribution >= 4 is 27.8 Å². The zero-order chi connectivity index (χ0) is 39.3. The van der Waals surface area contributed by atoms with Gasteiger partial charge in [-0.25, -0.2) is 0 Å². The van der Waals surface area contributed by atoms with E-state index in [1.165, 1.54) is 72.0 Å². The lowest BCUT2D eigenvalue weighted by molar-refractivity contribution is 0.592. The Morgan fingerprint density at radius 3 is 1.59 bits per heavy atom. The van der Waals surface area contributed by atoms with Crippen LogP contribution in [0, 0.1) is 0 Å². The second-order valence-corrected chi connectivity index (χ2v) is 16.5. The molecule has 0 unspecified atom stereocenters. The Kier molecular flexibility index (Phi) is 8.68. The zero-order valence-electron chi connectivity index (χ0n) is 33.2. The third kappa shape index (κ3) is 5.85. The summed E-state index contributed by atoms with van der Waals surface area (Å²) in [7, 11) is 0. The fourth-order valence-corrected chi connectivity index (χ4v) is 9.45. The maximum absolute atomic E-state index is 2.51. The van der Waals surface area contributed by atoms with Crippen LogP contribution >= 0.6 is 0 Å². The van der Waals surface area contributed by atoms with Gasteiger partial charge in [0.25, 0.3) is 0 Å². The summed E-state index contributed by atoms with van der Waals surface area (Å²) < 4.78 is 0. The van der Waals surface area contributed by atoms with Crippen LogP contribution in [0.2, 0.25) is 0 Å². The lowest BCUT2D eigenvalue weighted by Gasteiger charge is -2.35. The van der Waals surface area contributed by atoms with Crippen molar-refractivity contribution in [3.05, 3.63) is 246 Å². The number of benzene rings is 9. The molecule has 0 fully saturated rings. The van der Waals surface area contributed by atoms with Gasteiger partial charge in [-0.2, -0.15) is 0 Å². The molecule has 58 heavy (non-hydrogen) atoms. The molecule has 0 saturated carbocycles. The van der Waals surface area contributed by atoms with E-state index in [-0.39, 0.29) is 5.41 Å². The monoisotopic (exact) mass is 743 g/mol. The van der Waals surface area contributed by atoms with Crippen molar-refractivity contribution in [2.24, 2.45) is 0 Å². The van der Waals surface area contributed by atoms with Crippen LogP contribution in [0.4, 0.5) is 17.1 Å².